The Balaban J connectivity index is 0. The van der Waals surface area contributed by atoms with Gasteiger partial charge in [0.15, 0.2) is 6.29 Å². The molecule has 0 aliphatic heterocycles. The zero-order valence-corrected chi connectivity index (χ0v) is 12.9. The topological polar surface area (TPSA) is 87.7 Å². The quantitative estimate of drug-likeness (QED) is 0.281. The van der Waals surface area contributed by atoms with E-state index in [0.29, 0.717) is 0 Å². The third kappa shape index (κ3) is 8.40. The van der Waals surface area contributed by atoms with Gasteiger partial charge in [0.25, 0.3) is 0 Å². The molecule has 0 unspecified atom stereocenters. The molecule has 0 aromatic heterocycles. The van der Waals surface area contributed by atoms with Crippen molar-refractivity contribution in [2.24, 2.45) is 0 Å². The molecule has 86 valence electrons. The Morgan fingerprint density at radius 2 is 1.88 bits per heavy atom. The fraction of sp³-hybridized carbons (Fsp3) is 0.556. The molecule has 0 aliphatic rings. The SMILES string of the molecule is C=C(CC(=O)NCC(OC)OC)C(=O)[O-].[K+]. The molecular formula is C9H14KNO5. The van der Waals surface area contributed by atoms with Crippen LogP contribution in [0.3, 0.4) is 0 Å². The normalized spacial score (nSPS) is 9.44. The molecule has 0 fully saturated rings. The summed E-state index contributed by atoms with van der Waals surface area (Å²) in [4.78, 5) is 21.4. The average molecular weight is 255 g/mol. The molecule has 1 amide bonds. The molecule has 16 heavy (non-hydrogen) atoms. The molecule has 0 heterocycles. The van der Waals surface area contributed by atoms with Crippen molar-refractivity contribution in [1.29, 1.82) is 0 Å². The Bertz CT molecular complexity index is 252. The molecule has 0 saturated carbocycles. The van der Waals surface area contributed by atoms with Crippen LogP contribution in [0.5, 0.6) is 0 Å². The zero-order valence-electron chi connectivity index (χ0n) is 9.74. The maximum Gasteiger partial charge on any atom is 1.00 e. The van der Waals surface area contributed by atoms with Crippen LogP contribution in [-0.4, -0.2) is 38.9 Å². The Morgan fingerprint density at radius 3 is 2.25 bits per heavy atom. The van der Waals surface area contributed by atoms with Crippen LogP contribution in [0.4, 0.5) is 0 Å². The van der Waals surface area contributed by atoms with Crippen molar-refractivity contribution in [3.05, 3.63) is 12.2 Å². The maximum absolute atomic E-state index is 11.1. The standard InChI is InChI=1S/C9H15NO5.K/c1-6(9(12)13)4-7(11)10-5-8(14-2)15-3;/h8H,1,4-5H2,2-3H3,(H,10,11)(H,12,13);/q;+1/p-1. The van der Waals surface area contributed by atoms with Crippen LogP contribution in [0, 0.1) is 0 Å². The molecule has 0 aromatic carbocycles. The summed E-state index contributed by atoms with van der Waals surface area (Å²) in [5.41, 5.74) is -0.265. The Labute approximate surface area is 137 Å². The summed E-state index contributed by atoms with van der Waals surface area (Å²) in [7, 11) is 2.86. The number of aliphatic carboxylic acids is 1. The molecule has 0 spiro atoms. The third-order valence-electron chi connectivity index (χ3n) is 1.65. The minimum Gasteiger partial charge on any atom is -0.545 e. The van der Waals surface area contributed by atoms with Gasteiger partial charge in [-0.1, -0.05) is 6.58 Å². The first kappa shape index (κ1) is 18.6. The van der Waals surface area contributed by atoms with Gasteiger partial charge in [0.1, 0.15) is 0 Å². The van der Waals surface area contributed by atoms with Crippen molar-refractivity contribution in [1.82, 2.24) is 5.32 Å². The van der Waals surface area contributed by atoms with Crippen LogP contribution >= 0.6 is 0 Å². The summed E-state index contributed by atoms with van der Waals surface area (Å²) >= 11 is 0. The fourth-order valence-electron chi connectivity index (χ4n) is 0.789. The minimum absolute atomic E-state index is 0. The van der Waals surface area contributed by atoms with Gasteiger partial charge >= 0.3 is 51.4 Å². The van der Waals surface area contributed by atoms with Gasteiger partial charge in [0, 0.05) is 14.2 Å². The van der Waals surface area contributed by atoms with Crippen molar-refractivity contribution >= 4 is 11.9 Å². The van der Waals surface area contributed by atoms with Crippen molar-refractivity contribution < 1.29 is 75.6 Å². The van der Waals surface area contributed by atoms with Gasteiger partial charge in [-0.2, -0.15) is 0 Å². The van der Waals surface area contributed by atoms with E-state index in [1.807, 2.05) is 0 Å². The second-order valence-corrected chi connectivity index (χ2v) is 2.77. The molecule has 6 nitrogen and oxygen atoms in total. The van der Waals surface area contributed by atoms with Gasteiger partial charge in [-0.05, 0) is 5.57 Å². The fourth-order valence-corrected chi connectivity index (χ4v) is 0.789. The van der Waals surface area contributed by atoms with Crippen molar-refractivity contribution in [2.45, 2.75) is 12.7 Å². The van der Waals surface area contributed by atoms with Crippen LogP contribution in [-0.2, 0) is 19.1 Å². The van der Waals surface area contributed by atoms with Gasteiger partial charge in [-0.3, -0.25) is 4.79 Å². The number of carboxylic acid groups (broad SMARTS) is 1. The molecule has 0 bridgehead atoms. The van der Waals surface area contributed by atoms with Gasteiger partial charge < -0.3 is 24.7 Å². The van der Waals surface area contributed by atoms with Crippen molar-refractivity contribution in [2.75, 3.05) is 20.8 Å². The number of carbonyl (C=O) groups is 2. The first-order chi connectivity index (χ1) is 7.01. The van der Waals surface area contributed by atoms with Gasteiger partial charge in [0.2, 0.25) is 5.91 Å². The predicted octanol–water partition coefficient (Wildman–Crippen LogP) is -4.58. The molecular weight excluding hydrogens is 241 g/mol. The molecule has 7 heteroatoms. The molecule has 1 N–H and O–H groups in total. The van der Waals surface area contributed by atoms with E-state index in [0.717, 1.165) is 0 Å². The number of carboxylic acids is 1. The summed E-state index contributed by atoms with van der Waals surface area (Å²) in [6, 6.07) is 0. The second-order valence-electron chi connectivity index (χ2n) is 2.77. The van der Waals surface area contributed by atoms with Crippen LogP contribution in [0.1, 0.15) is 6.42 Å². The van der Waals surface area contributed by atoms with E-state index >= 15 is 0 Å². The van der Waals surface area contributed by atoms with Crippen LogP contribution in [0.15, 0.2) is 12.2 Å². The molecule has 0 aliphatic carbocycles. The predicted molar refractivity (Wildman–Crippen MR) is 49.6 cm³/mol. The number of hydrogen-bond acceptors (Lipinski definition) is 5. The Morgan fingerprint density at radius 1 is 1.38 bits per heavy atom. The molecule has 0 saturated heterocycles. The van der Waals surface area contributed by atoms with Crippen LogP contribution in [0.2, 0.25) is 0 Å². The minimum atomic E-state index is -1.43. The maximum atomic E-state index is 11.1. The van der Waals surface area contributed by atoms with E-state index in [9.17, 15) is 14.7 Å². The van der Waals surface area contributed by atoms with E-state index in [4.69, 9.17) is 9.47 Å². The molecule has 0 radical (unpaired) electrons. The summed E-state index contributed by atoms with van der Waals surface area (Å²) in [5.74, 6) is -1.90. The first-order valence-corrected chi connectivity index (χ1v) is 4.22. The molecule has 0 rings (SSSR count). The second kappa shape index (κ2) is 10.4. The first-order valence-electron chi connectivity index (χ1n) is 4.22. The van der Waals surface area contributed by atoms with Gasteiger partial charge in [-0.25, -0.2) is 0 Å². The number of ether oxygens (including phenoxy) is 2. The summed E-state index contributed by atoms with van der Waals surface area (Å²) in [6.45, 7) is 3.32. The zero-order chi connectivity index (χ0) is 11.8. The van der Waals surface area contributed by atoms with E-state index < -0.39 is 18.2 Å². The van der Waals surface area contributed by atoms with Crippen molar-refractivity contribution in [3.8, 4) is 0 Å². The number of rotatable bonds is 7. The summed E-state index contributed by atoms with van der Waals surface area (Å²) < 4.78 is 9.63. The largest absolute Gasteiger partial charge is 1.00 e. The van der Waals surface area contributed by atoms with Crippen LogP contribution < -0.4 is 61.8 Å². The number of carbonyl (C=O) groups excluding carboxylic acids is 2. The monoisotopic (exact) mass is 255 g/mol. The molecule has 0 atom stereocenters. The number of amides is 1. The van der Waals surface area contributed by atoms with Gasteiger partial charge in [0.05, 0.1) is 18.9 Å². The van der Waals surface area contributed by atoms with Gasteiger partial charge in [-0.15, -0.1) is 0 Å². The van der Waals surface area contributed by atoms with E-state index in [1.54, 1.807) is 0 Å². The molecule has 0 aromatic rings. The summed E-state index contributed by atoms with van der Waals surface area (Å²) in [6.07, 6.45) is -0.854. The van der Waals surface area contributed by atoms with E-state index in [2.05, 4.69) is 11.9 Å². The summed E-state index contributed by atoms with van der Waals surface area (Å²) in [5, 5.41) is 12.7. The Kier molecular flexibility index (Phi) is 12.1. The van der Waals surface area contributed by atoms with E-state index in [1.165, 1.54) is 14.2 Å². The number of hydrogen-bond donors (Lipinski definition) is 1. The van der Waals surface area contributed by atoms with E-state index in [-0.39, 0.29) is 69.9 Å². The average Bonchev–Trinajstić information content (AvgIpc) is 2.19. The number of nitrogens with one attached hydrogen (secondary N) is 1. The van der Waals surface area contributed by atoms with Crippen molar-refractivity contribution in [3.63, 3.8) is 0 Å². The smallest absolute Gasteiger partial charge is 0.545 e. The number of methoxy groups -OCH3 is 2. The van der Waals surface area contributed by atoms with Crippen LogP contribution in [0.25, 0.3) is 0 Å². The Hall–Kier alpha value is 0.236. The third-order valence-corrected chi connectivity index (χ3v) is 1.65.